The fraction of sp³-hybridized carbons (Fsp3) is 0.923. The van der Waals surface area contributed by atoms with Crippen LogP contribution < -0.4 is 5.73 Å². The molecule has 0 aromatic carbocycles. The van der Waals surface area contributed by atoms with Crippen molar-refractivity contribution in [3.63, 3.8) is 0 Å². The number of Topliss-reactive ketones (excluding diaryl/α,β-unsaturated/α-hetero) is 1. The van der Waals surface area contributed by atoms with E-state index in [1.807, 2.05) is 0 Å². The van der Waals surface area contributed by atoms with Gasteiger partial charge in [-0.15, -0.1) is 0 Å². The van der Waals surface area contributed by atoms with Crippen LogP contribution in [0.25, 0.3) is 0 Å². The summed E-state index contributed by atoms with van der Waals surface area (Å²) in [5, 5.41) is 0. The molecule has 0 spiro atoms. The number of ketones is 1. The summed E-state index contributed by atoms with van der Waals surface area (Å²) in [5.41, 5.74) is 6.22. The molecule has 2 aliphatic carbocycles. The highest BCUT2D eigenvalue weighted by molar-refractivity contribution is 5.85. The molecule has 0 radical (unpaired) electrons. The first-order valence-corrected chi connectivity index (χ1v) is 6.64. The maximum Gasteiger partial charge on any atom is 0.141 e. The van der Waals surface area contributed by atoms with Gasteiger partial charge >= 0.3 is 0 Å². The second-order valence-corrected chi connectivity index (χ2v) is 5.73. The molecule has 1 heterocycles. The third-order valence-corrected chi connectivity index (χ3v) is 4.93. The fourth-order valence-corrected chi connectivity index (χ4v) is 4.01. The Morgan fingerprint density at radius 3 is 2.38 bits per heavy atom. The van der Waals surface area contributed by atoms with Crippen LogP contribution in [0, 0.1) is 23.7 Å². The first kappa shape index (κ1) is 10.7. The third-order valence-electron chi connectivity index (χ3n) is 4.93. The molecule has 3 nitrogen and oxygen atoms in total. The van der Waals surface area contributed by atoms with Crippen molar-refractivity contribution in [2.75, 3.05) is 13.2 Å². The third kappa shape index (κ3) is 1.61. The Bertz CT molecular complexity index is 284. The molecular formula is C13H21NO2. The van der Waals surface area contributed by atoms with Crippen molar-refractivity contribution in [1.82, 2.24) is 0 Å². The van der Waals surface area contributed by atoms with E-state index < -0.39 is 0 Å². The van der Waals surface area contributed by atoms with Crippen molar-refractivity contribution in [3.8, 4) is 0 Å². The molecule has 0 aromatic heterocycles. The van der Waals surface area contributed by atoms with E-state index in [4.69, 9.17) is 10.5 Å². The van der Waals surface area contributed by atoms with Gasteiger partial charge in [-0.3, -0.25) is 4.79 Å². The highest BCUT2D eigenvalue weighted by Gasteiger charge is 2.50. The molecule has 4 atom stereocenters. The smallest absolute Gasteiger partial charge is 0.141 e. The van der Waals surface area contributed by atoms with E-state index in [-0.39, 0.29) is 17.9 Å². The average molecular weight is 223 g/mol. The summed E-state index contributed by atoms with van der Waals surface area (Å²) in [5.74, 6) is 2.13. The molecule has 2 bridgehead atoms. The van der Waals surface area contributed by atoms with Gasteiger partial charge in [0, 0.05) is 31.1 Å². The summed E-state index contributed by atoms with van der Waals surface area (Å²) in [7, 11) is 0. The van der Waals surface area contributed by atoms with Gasteiger partial charge in [0.15, 0.2) is 0 Å². The number of hydrogen-bond acceptors (Lipinski definition) is 3. The zero-order valence-electron chi connectivity index (χ0n) is 9.73. The van der Waals surface area contributed by atoms with E-state index in [1.165, 1.54) is 19.3 Å². The summed E-state index contributed by atoms with van der Waals surface area (Å²) in [6, 6.07) is 0.161. The molecule has 2 saturated carbocycles. The molecule has 3 fully saturated rings. The van der Waals surface area contributed by atoms with E-state index in [2.05, 4.69) is 0 Å². The van der Waals surface area contributed by atoms with Gasteiger partial charge in [0.1, 0.15) is 5.78 Å². The molecule has 3 heteroatoms. The standard InChI is InChI=1S/C13H21NO2/c14-12-10-2-1-9(7-10)11(12)13(15)8-3-5-16-6-4-8/h8-12H,1-7,14H2. The summed E-state index contributed by atoms with van der Waals surface area (Å²) < 4.78 is 5.32. The van der Waals surface area contributed by atoms with Crippen LogP contribution in [0.15, 0.2) is 0 Å². The minimum Gasteiger partial charge on any atom is -0.381 e. The monoisotopic (exact) mass is 223 g/mol. The minimum absolute atomic E-state index is 0.161. The lowest BCUT2D eigenvalue weighted by Gasteiger charge is -2.31. The quantitative estimate of drug-likeness (QED) is 0.769. The van der Waals surface area contributed by atoms with Crippen molar-refractivity contribution in [2.24, 2.45) is 29.4 Å². The van der Waals surface area contributed by atoms with Crippen molar-refractivity contribution in [2.45, 2.75) is 38.1 Å². The van der Waals surface area contributed by atoms with Crippen LogP contribution in [0.4, 0.5) is 0 Å². The molecule has 1 aliphatic heterocycles. The van der Waals surface area contributed by atoms with Crippen LogP contribution in [0.2, 0.25) is 0 Å². The van der Waals surface area contributed by atoms with Gasteiger partial charge in [0.05, 0.1) is 0 Å². The molecule has 0 amide bonds. The fourth-order valence-electron chi connectivity index (χ4n) is 4.01. The predicted molar refractivity (Wildman–Crippen MR) is 60.8 cm³/mol. The van der Waals surface area contributed by atoms with Crippen LogP contribution in [-0.4, -0.2) is 25.0 Å². The van der Waals surface area contributed by atoms with Gasteiger partial charge in [0.2, 0.25) is 0 Å². The first-order chi connectivity index (χ1) is 7.77. The van der Waals surface area contributed by atoms with Crippen LogP contribution in [0.3, 0.4) is 0 Å². The average Bonchev–Trinajstić information content (AvgIpc) is 2.90. The predicted octanol–water partition coefficient (Wildman–Crippen LogP) is 1.36. The molecular weight excluding hydrogens is 202 g/mol. The molecule has 4 unspecified atom stereocenters. The molecule has 90 valence electrons. The van der Waals surface area contributed by atoms with E-state index in [0.717, 1.165) is 26.1 Å². The summed E-state index contributed by atoms with van der Waals surface area (Å²) in [6.45, 7) is 1.51. The number of fused-ring (bicyclic) bond motifs is 2. The Kier molecular flexibility index (Phi) is 2.76. The van der Waals surface area contributed by atoms with E-state index in [0.29, 0.717) is 17.6 Å². The van der Waals surface area contributed by atoms with Gasteiger partial charge in [-0.25, -0.2) is 0 Å². The second kappa shape index (κ2) is 4.11. The first-order valence-electron chi connectivity index (χ1n) is 6.64. The largest absolute Gasteiger partial charge is 0.381 e. The second-order valence-electron chi connectivity index (χ2n) is 5.73. The van der Waals surface area contributed by atoms with Crippen LogP contribution in [0.5, 0.6) is 0 Å². The number of nitrogens with two attached hydrogens (primary N) is 1. The van der Waals surface area contributed by atoms with Gasteiger partial charge in [-0.05, 0) is 43.9 Å². The van der Waals surface area contributed by atoms with E-state index in [9.17, 15) is 4.79 Å². The van der Waals surface area contributed by atoms with Gasteiger partial charge < -0.3 is 10.5 Å². The van der Waals surface area contributed by atoms with Gasteiger partial charge in [-0.2, -0.15) is 0 Å². The maximum absolute atomic E-state index is 12.5. The molecule has 1 saturated heterocycles. The molecule has 3 rings (SSSR count). The van der Waals surface area contributed by atoms with Crippen LogP contribution in [0.1, 0.15) is 32.1 Å². The summed E-state index contributed by atoms with van der Waals surface area (Å²) >= 11 is 0. The lowest BCUT2D eigenvalue weighted by Crippen LogP contribution is -2.43. The minimum atomic E-state index is 0.161. The van der Waals surface area contributed by atoms with Crippen LogP contribution >= 0.6 is 0 Å². The molecule has 3 aliphatic rings. The normalized spacial score (nSPS) is 43.8. The van der Waals surface area contributed by atoms with Crippen molar-refractivity contribution in [3.05, 3.63) is 0 Å². The summed E-state index contributed by atoms with van der Waals surface area (Å²) in [6.07, 6.45) is 5.53. The molecule has 0 aromatic rings. The summed E-state index contributed by atoms with van der Waals surface area (Å²) in [4.78, 5) is 12.5. The highest BCUT2D eigenvalue weighted by atomic mass is 16.5. The van der Waals surface area contributed by atoms with Gasteiger partial charge in [-0.1, -0.05) is 0 Å². The lowest BCUT2D eigenvalue weighted by molar-refractivity contribution is -0.131. The van der Waals surface area contributed by atoms with Gasteiger partial charge in [0.25, 0.3) is 0 Å². The zero-order valence-corrected chi connectivity index (χ0v) is 9.73. The number of carbonyl (C=O) groups is 1. The number of ether oxygens (including phenoxy) is 1. The Morgan fingerprint density at radius 2 is 1.75 bits per heavy atom. The van der Waals surface area contributed by atoms with E-state index >= 15 is 0 Å². The van der Waals surface area contributed by atoms with Crippen molar-refractivity contribution in [1.29, 1.82) is 0 Å². The maximum atomic E-state index is 12.5. The number of rotatable bonds is 2. The molecule has 2 N–H and O–H groups in total. The highest BCUT2D eigenvalue weighted by Crippen LogP contribution is 2.49. The van der Waals surface area contributed by atoms with Crippen molar-refractivity contribution >= 4 is 5.78 Å². The topological polar surface area (TPSA) is 52.3 Å². The van der Waals surface area contributed by atoms with E-state index in [1.54, 1.807) is 0 Å². The Morgan fingerprint density at radius 1 is 1.06 bits per heavy atom. The zero-order chi connectivity index (χ0) is 11.1. The Labute approximate surface area is 96.7 Å². The van der Waals surface area contributed by atoms with Crippen LogP contribution in [-0.2, 0) is 9.53 Å². The number of hydrogen-bond donors (Lipinski definition) is 1. The Hall–Kier alpha value is -0.410. The lowest BCUT2D eigenvalue weighted by atomic mass is 9.76. The molecule has 16 heavy (non-hydrogen) atoms. The number of carbonyl (C=O) groups excluding carboxylic acids is 1. The SMILES string of the molecule is NC1C2CCC(C2)C1C(=O)C1CCOCC1. The Balaban J connectivity index is 1.70. The van der Waals surface area contributed by atoms with Crippen molar-refractivity contribution < 1.29 is 9.53 Å².